The van der Waals surface area contributed by atoms with E-state index < -0.39 is 0 Å². The van der Waals surface area contributed by atoms with Crippen molar-refractivity contribution in [2.75, 3.05) is 18.4 Å². The molecule has 4 heterocycles. The van der Waals surface area contributed by atoms with E-state index in [2.05, 4.69) is 51.3 Å². The molecule has 4 rings (SSSR count). The van der Waals surface area contributed by atoms with Gasteiger partial charge in [-0.15, -0.1) is 0 Å². The van der Waals surface area contributed by atoms with Crippen LogP contribution in [0.25, 0.3) is 17.0 Å². The molecule has 2 N–H and O–H groups in total. The summed E-state index contributed by atoms with van der Waals surface area (Å²) in [7, 11) is 0. The van der Waals surface area contributed by atoms with Crippen LogP contribution >= 0.6 is 0 Å². The van der Waals surface area contributed by atoms with Crippen molar-refractivity contribution in [3.05, 3.63) is 48.3 Å². The van der Waals surface area contributed by atoms with E-state index in [0.29, 0.717) is 6.04 Å². The van der Waals surface area contributed by atoms with Crippen molar-refractivity contribution in [2.45, 2.75) is 39.7 Å². The summed E-state index contributed by atoms with van der Waals surface area (Å²) in [5, 5.41) is 6.95. The van der Waals surface area contributed by atoms with Gasteiger partial charge in [-0.05, 0) is 62.7 Å². The number of fused-ring (bicyclic) bond motifs is 1. The smallest absolute Gasteiger partial charge is 0.137 e. The molecule has 132 valence electrons. The second-order valence-corrected chi connectivity index (χ2v) is 6.15. The molecule has 5 nitrogen and oxygen atoms in total. The van der Waals surface area contributed by atoms with Crippen molar-refractivity contribution in [1.29, 1.82) is 0 Å². The molecule has 1 saturated heterocycles. The van der Waals surface area contributed by atoms with Gasteiger partial charge >= 0.3 is 0 Å². The van der Waals surface area contributed by atoms with Gasteiger partial charge in [0.1, 0.15) is 11.5 Å². The van der Waals surface area contributed by atoms with Crippen LogP contribution < -0.4 is 10.6 Å². The predicted octanol–water partition coefficient (Wildman–Crippen LogP) is 3.89. The van der Waals surface area contributed by atoms with Gasteiger partial charge in [0.15, 0.2) is 0 Å². The molecule has 5 heteroatoms. The number of rotatable bonds is 3. The molecule has 0 aliphatic carbocycles. The second-order valence-electron chi connectivity index (χ2n) is 6.15. The van der Waals surface area contributed by atoms with Crippen LogP contribution in [0.2, 0.25) is 0 Å². The molecule has 0 aromatic carbocycles. The summed E-state index contributed by atoms with van der Waals surface area (Å²) in [6, 6.07) is 10.8. The van der Waals surface area contributed by atoms with Crippen LogP contribution in [0, 0.1) is 6.92 Å². The number of hydrogen-bond donors (Lipinski definition) is 2. The molecule has 0 radical (unpaired) electrons. The fourth-order valence-corrected chi connectivity index (χ4v) is 3.11. The van der Waals surface area contributed by atoms with Crippen molar-refractivity contribution in [2.24, 2.45) is 0 Å². The van der Waals surface area contributed by atoms with E-state index in [4.69, 9.17) is 4.98 Å². The van der Waals surface area contributed by atoms with Gasteiger partial charge in [0.05, 0.1) is 17.6 Å². The molecule has 1 aliphatic rings. The lowest BCUT2D eigenvalue weighted by atomic mass is 10.1. The van der Waals surface area contributed by atoms with Gasteiger partial charge in [0.25, 0.3) is 0 Å². The van der Waals surface area contributed by atoms with E-state index >= 15 is 0 Å². The second kappa shape index (κ2) is 8.12. The van der Waals surface area contributed by atoms with Crippen LogP contribution in [0.15, 0.2) is 42.7 Å². The minimum Gasteiger partial charge on any atom is -0.367 e. The van der Waals surface area contributed by atoms with Crippen LogP contribution in [0.3, 0.4) is 0 Å². The minimum atomic E-state index is 0.504. The zero-order valence-electron chi connectivity index (χ0n) is 15.3. The van der Waals surface area contributed by atoms with Crippen molar-refractivity contribution >= 4 is 11.5 Å². The Hall–Kier alpha value is -2.40. The van der Waals surface area contributed by atoms with Gasteiger partial charge in [-0.25, -0.2) is 9.97 Å². The zero-order chi connectivity index (χ0) is 17.6. The molecule has 25 heavy (non-hydrogen) atoms. The molecular formula is C20H27N5. The molecule has 0 spiro atoms. The largest absolute Gasteiger partial charge is 0.367 e. The normalized spacial score (nSPS) is 14.8. The van der Waals surface area contributed by atoms with Crippen LogP contribution in [0.1, 0.15) is 32.3 Å². The number of pyridine rings is 2. The lowest BCUT2D eigenvalue weighted by molar-refractivity contribution is 0.478. The maximum Gasteiger partial charge on any atom is 0.137 e. The zero-order valence-corrected chi connectivity index (χ0v) is 15.3. The van der Waals surface area contributed by atoms with E-state index in [1.807, 2.05) is 32.2 Å². The maximum atomic E-state index is 4.79. The van der Waals surface area contributed by atoms with Crippen molar-refractivity contribution in [1.82, 2.24) is 19.7 Å². The molecule has 3 aromatic heterocycles. The number of aromatic nitrogens is 3. The molecule has 0 unspecified atom stereocenters. The Kier molecular flexibility index (Phi) is 5.66. The Morgan fingerprint density at radius 2 is 1.96 bits per heavy atom. The van der Waals surface area contributed by atoms with Gasteiger partial charge in [-0.1, -0.05) is 19.9 Å². The highest BCUT2D eigenvalue weighted by Gasteiger charge is 2.14. The fourth-order valence-electron chi connectivity index (χ4n) is 3.11. The minimum absolute atomic E-state index is 0.504. The monoisotopic (exact) mass is 337 g/mol. The number of nitrogens with zero attached hydrogens (tertiary/aromatic N) is 3. The Labute approximate surface area is 149 Å². The van der Waals surface area contributed by atoms with Crippen molar-refractivity contribution in [3.63, 3.8) is 0 Å². The molecular weight excluding hydrogens is 310 g/mol. The summed E-state index contributed by atoms with van der Waals surface area (Å²) in [6.45, 7) is 8.23. The number of nitrogens with one attached hydrogen (secondary N) is 2. The third kappa shape index (κ3) is 3.99. The number of piperidine rings is 1. The average molecular weight is 337 g/mol. The highest BCUT2D eigenvalue weighted by molar-refractivity contribution is 5.62. The topological polar surface area (TPSA) is 54.2 Å². The standard InChI is InChI=1S/C18H21N5.C2H6/c1-13-7-10-23-16(12-20-18(23)11-13)15-3-2-4-17(22-15)21-14-5-8-19-9-6-14;1-2/h2-4,7,10-12,14,19H,5-6,8-9H2,1H3,(H,21,22);1-2H3. The highest BCUT2D eigenvalue weighted by atomic mass is 15.1. The summed E-state index contributed by atoms with van der Waals surface area (Å²) < 4.78 is 2.09. The van der Waals surface area contributed by atoms with Crippen LogP contribution in [0.4, 0.5) is 5.82 Å². The number of anilines is 1. The summed E-state index contributed by atoms with van der Waals surface area (Å²) in [4.78, 5) is 9.29. The first-order valence-electron chi connectivity index (χ1n) is 9.18. The summed E-state index contributed by atoms with van der Waals surface area (Å²) in [6.07, 6.45) is 6.23. The summed E-state index contributed by atoms with van der Waals surface area (Å²) in [5.74, 6) is 0.941. The van der Waals surface area contributed by atoms with Gasteiger partial charge in [-0.3, -0.25) is 4.40 Å². The van der Waals surface area contributed by atoms with Gasteiger partial charge < -0.3 is 10.6 Å². The molecule has 1 aliphatic heterocycles. The molecule has 3 aromatic rings. The number of aryl methyl sites for hydroxylation is 1. The molecule has 1 fully saturated rings. The predicted molar refractivity (Wildman–Crippen MR) is 104 cm³/mol. The van der Waals surface area contributed by atoms with Crippen LogP contribution in [-0.4, -0.2) is 33.5 Å². The maximum absolute atomic E-state index is 4.79. The fraction of sp³-hybridized carbons (Fsp3) is 0.400. The van der Waals surface area contributed by atoms with Crippen molar-refractivity contribution in [3.8, 4) is 11.4 Å². The van der Waals surface area contributed by atoms with E-state index in [-0.39, 0.29) is 0 Å². The molecule has 0 saturated carbocycles. The quantitative estimate of drug-likeness (QED) is 0.761. The van der Waals surface area contributed by atoms with Crippen LogP contribution in [-0.2, 0) is 0 Å². The Bertz CT molecular complexity index is 818. The van der Waals surface area contributed by atoms with E-state index in [1.165, 1.54) is 5.56 Å². The lowest BCUT2D eigenvalue weighted by Crippen LogP contribution is -2.35. The first-order valence-corrected chi connectivity index (χ1v) is 9.18. The summed E-state index contributed by atoms with van der Waals surface area (Å²) in [5.41, 5.74) is 4.14. The third-order valence-corrected chi connectivity index (χ3v) is 4.37. The first-order chi connectivity index (χ1) is 12.3. The van der Waals surface area contributed by atoms with Gasteiger partial charge in [-0.2, -0.15) is 0 Å². The average Bonchev–Trinajstić information content (AvgIpc) is 3.07. The molecule has 0 amide bonds. The lowest BCUT2D eigenvalue weighted by Gasteiger charge is -2.24. The number of imidazole rings is 1. The van der Waals surface area contributed by atoms with Gasteiger partial charge in [0.2, 0.25) is 0 Å². The molecule has 0 atom stereocenters. The summed E-state index contributed by atoms with van der Waals surface area (Å²) >= 11 is 0. The van der Waals surface area contributed by atoms with E-state index in [0.717, 1.165) is 48.8 Å². The van der Waals surface area contributed by atoms with Gasteiger partial charge in [0, 0.05) is 12.2 Å². The first kappa shape index (κ1) is 17.4. The SMILES string of the molecule is CC.Cc1ccn2c(-c3cccc(NC4CCNCC4)n3)cnc2c1. The highest BCUT2D eigenvalue weighted by Crippen LogP contribution is 2.21. The Morgan fingerprint density at radius 3 is 2.76 bits per heavy atom. The van der Waals surface area contributed by atoms with E-state index in [9.17, 15) is 0 Å². The van der Waals surface area contributed by atoms with Crippen molar-refractivity contribution < 1.29 is 0 Å². The third-order valence-electron chi connectivity index (χ3n) is 4.37. The van der Waals surface area contributed by atoms with Crippen LogP contribution in [0.5, 0.6) is 0 Å². The Balaban J connectivity index is 0.000000880. The Morgan fingerprint density at radius 1 is 1.16 bits per heavy atom. The van der Waals surface area contributed by atoms with E-state index in [1.54, 1.807) is 0 Å². The number of hydrogen-bond acceptors (Lipinski definition) is 4. The molecule has 0 bridgehead atoms.